The minimum Gasteiger partial charge on any atom is -0.370 e. The van der Waals surface area contributed by atoms with E-state index >= 15 is 0 Å². The highest BCUT2D eigenvalue weighted by Gasteiger charge is 2.18. The van der Waals surface area contributed by atoms with E-state index in [2.05, 4.69) is 32.4 Å². The molecule has 1 amide bonds. The zero-order valence-electron chi connectivity index (χ0n) is 15.0. The number of benzene rings is 1. The molecule has 3 heterocycles. The molecule has 0 atom stereocenters. The molecule has 0 spiro atoms. The molecule has 134 valence electrons. The maximum Gasteiger partial charge on any atom is 0.222 e. The Kier molecular flexibility index (Phi) is 4.56. The van der Waals surface area contributed by atoms with Crippen molar-refractivity contribution in [2.75, 3.05) is 25.0 Å². The average molecular weight is 349 g/mol. The second kappa shape index (κ2) is 7.15. The Morgan fingerprint density at radius 3 is 3.00 bits per heavy atom. The number of anilines is 1. The number of nitrogens with one attached hydrogen (secondary N) is 2. The molecule has 1 saturated heterocycles. The predicted molar refractivity (Wildman–Crippen MR) is 103 cm³/mol. The zero-order chi connectivity index (χ0) is 17.9. The normalized spacial score (nSPS) is 14.3. The lowest BCUT2D eigenvalue weighted by atomic mass is 10.1. The number of carbonyl (C=O) groups excluding carboxylic acids is 1. The second-order valence-corrected chi connectivity index (χ2v) is 6.76. The van der Waals surface area contributed by atoms with Gasteiger partial charge in [0.05, 0.1) is 0 Å². The Hall–Kier alpha value is -2.89. The van der Waals surface area contributed by atoms with Gasteiger partial charge in [-0.3, -0.25) is 4.79 Å². The van der Waals surface area contributed by atoms with Crippen LogP contribution in [0.4, 0.5) is 5.82 Å². The van der Waals surface area contributed by atoms with E-state index in [-0.39, 0.29) is 5.91 Å². The fourth-order valence-corrected chi connectivity index (χ4v) is 3.41. The molecule has 0 aliphatic carbocycles. The molecule has 1 aliphatic heterocycles. The number of rotatable bonds is 6. The van der Waals surface area contributed by atoms with Crippen molar-refractivity contribution in [1.82, 2.24) is 19.9 Å². The molecule has 1 aliphatic rings. The van der Waals surface area contributed by atoms with Crippen LogP contribution in [0.15, 0.2) is 36.5 Å². The molecular weight excluding hydrogens is 326 g/mol. The first-order valence-corrected chi connectivity index (χ1v) is 9.14. The van der Waals surface area contributed by atoms with Gasteiger partial charge in [0, 0.05) is 60.5 Å². The van der Waals surface area contributed by atoms with Gasteiger partial charge >= 0.3 is 0 Å². The summed E-state index contributed by atoms with van der Waals surface area (Å²) in [5, 5.41) is 4.52. The number of carbonyl (C=O) groups is 1. The third-order valence-electron chi connectivity index (χ3n) is 4.75. The van der Waals surface area contributed by atoms with Gasteiger partial charge in [0.25, 0.3) is 0 Å². The summed E-state index contributed by atoms with van der Waals surface area (Å²) in [5.41, 5.74) is 3.05. The largest absolute Gasteiger partial charge is 0.370 e. The fourth-order valence-electron chi connectivity index (χ4n) is 3.41. The van der Waals surface area contributed by atoms with Crippen molar-refractivity contribution in [3.05, 3.63) is 42.2 Å². The van der Waals surface area contributed by atoms with E-state index in [1.54, 1.807) is 0 Å². The molecule has 0 radical (unpaired) electrons. The molecule has 0 unspecified atom stereocenters. The Balaban J connectivity index is 1.43. The van der Waals surface area contributed by atoms with E-state index in [1.807, 2.05) is 36.2 Å². The minimum absolute atomic E-state index is 0.283. The van der Waals surface area contributed by atoms with Crippen molar-refractivity contribution in [3.63, 3.8) is 0 Å². The lowest BCUT2D eigenvalue weighted by Crippen LogP contribution is -2.27. The van der Waals surface area contributed by atoms with Crippen molar-refractivity contribution in [3.8, 4) is 11.4 Å². The van der Waals surface area contributed by atoms with Gasteiger partial charge < -0.3 is 15.2 Å². The van der Waals surface area contributed by atoms with Crippen LogP contribution in [0, 0.1) is 6.92 Å². The quantitative estimate of drug-likeness (QED) is 0.669. The summed E-state index contributed by atoms with van der Waals surface area (Å²) in [6.45, 7) is 4.48. The molecule has 1 aromatic carbocycles. The first-order chi connectivity index (χ1) is 12.7. The number of likely N-dealkylation sites (tertiary alicyclic amines) is 1. The van der Waals surface area contributed by atoms with E-state index in [1.165, 1.54) is 0 Å². The number of amides is 1. The highest BCUT2D eigenvalue weighted by Crippen LogP contribution is 2.22. The third-order valence-corrected chi connectivity index (χ3v) is 4.75. The molecule has 0 bridgehead atoms. The van der Waals surface area contributed by atoms with E-state index in [9.17, 15) is 4.79 Å². The molecular formula is C20H23N5O. The predicted octanol–water partition coefficient (Wildman–Crippen LogP) is 3.36. The van der Waals surface area contributed by atoms with Crippen LogP contribution in [-0.4, -0.2) is 45.4 Å². The molecule has 0 saturated carbocycles. The first kappa shape index (κ1) is 16.6. The molecule has 2 aromatic heterocycles. The molecule has 6 nitrogen and oxygen atoms in total. The number of hydrogen-bond donors (Lipinski definition) is 2. The Morgan fingerprint density at radius 2 is 2.15 bits per heavy atom. The molecule has 26 heavy (non-hydrogen) atoms. The van der Waals surface area contributed by atoms with Crippen molar-refractivity contribution in [2.45, 2.75) is 26.2 Å². The van der Waals surface area contributed by atoms with Gasteiger partial charge in [0.15, 0.2) is 5.82 Å². The van der Waals surface area contributed by atoms with Crippen LogP contribution in [0.2, 0.25) is 0 Å². The van der Waals surface area contributed by atoms with Gasteiger partial charge in [-0.15, -0.1) is 0 Å². The average Bonchev–Trinajstić information content (AvgIpc) is 3.26. The highest BCUT2D eigenvalue weighted by atomic mass is 16.2. The summed E-state index contributed by atoms with van der Waals surface area (Å²) in [6, 6.07) is 10.2. The lowest BCUT2D eigenvalue weighted by molar-refractivity contribution is -0.127. The first-order valence-electron chi connectivity index (χ1n) is 9.14. The van der Waals surface area contributed by atoms with Crippen molar-refractivity contribution < 1.29 is 4.79 Å². The van der Waals surface area contributed by atoms with E-state index < -0.39 is 0 Å². The van der Waals surface area contributed by atoms with Gasteiger partial charge in [-0.05, 0) is 44.0 Å². The molecule has 1 fully saturated rings. The van der Waals surface area contributed by atoms with E-state index in [4.69, 9.17) is 0 Å². The summed E-state index contributed by atoms with van der Waals surface area (Å²) >= 11 is 0. The Bertz CT molecular complexity index is 933. The standard InChI is InChI=1S/C20H23N5O/c1-14-12-18(22-8-3-11-25-10-2-4-19(25)26)24-20(23-14)16-5-6-17-15(13-16)7-9-21-17/h5-7,9,12-13,21H,2-4,8,10-11H2,1H3,(H,22,23,24). The van der Waals surface area contributed by atoms with Crippen LogP contribution < -0.4 is 5.32 Å². The number of fused-ring (bicyclic) bond motifs is 1. The van der Waals surface area contributed by atoms with Crippen LogP contribution in [-0.2, 0) is 4.79 Å². The number of aromatic amines is 1. The molecule has 3 aromatic rings. The third kappa shape index (κ3) is 3.54. The highest BCUT2D eigenvalue weighted by molar-refractivity contribution is 5.84. The zero-order valence-corrected chi connectivity index (χ0v) is 15.0. The monoisotopic (exact) mass is 349 g/mol. The number of nitrogens with zero attached hydrogens (tertiary/aromatic N) is 3. The smallest absolute Gasteiger partial charge is 0.222 e. The Labute approximate surface area is 152 Å². The summed E-state index contributed by atoms with van der Waals surface area (Å²) in [6.07, 6.45) is 4.54. The van der Waals surface area contributed by atoms with Crippen LogP contribution in [0.5, 0.6) is 0 Å². The van der Waals surface area contributed by atoms with Crippen molar-refractivity contribution in [1.29, 1.82) is 0 Å². The van der Waals surface area contributed by atoms with Gasteiger partial charge in [-0.25, -0.2) is 9.97 Å². The number of H-pyrrole nitrogens is 1. The second-order valence-electron chi connectivity index (χ2n) is 6.76. The van der Waals surface area contributed by atoms with Crippen LogP contribution in [0.1, 0.15) is 25.0 Å². The van der Waals surface area contributed by atoms with Crippen molar-refractivity contribution >= 4 is 22.6 Å². The Morgan fingerprint density at radius 1 is 1.23 bits per heavy atom. The maximum atomic E-state index is 11.6. The number of hydrogen-bond acceptors (Lipinski definition) is 4. The van der Waals surface area contributed by atoms with E-state index in [0.29, 0.717) is 6.42 Å². The van der Waals surface area contributed by atoms with Crippen LogP contribution >= 0.6 is 0 Å². The van der Waals surface area contributed by atoms with Crippen LogP contribution in [0.3, 0.4) is 0 Å². The molecule has 6 heteroatoms. The van der Waals surface area contributed by atoms with Gasteiger partial charge in [0.2, 0.25) is 5.91 Å². The minimum atomic E-state index is 0.283. The van der Waals surface area contributed by atoms with Crippen molar-refractivity contribution in [2.24, 2.45) is 0 Å². The summed E-state index contributed by atoms with van der Waals surface area (Å²) < 4.78 is 0. The summed E-state index contributed by atoms with van der Waals surface area (Å²) in [5.74, 6) is 1.84. The SMILES string of the molecule is Cc1cc(NCCCN2CCCC2=O)nc(-c2ccc3[nH]ccc3c2)n1. The van der Waals surface area contributed by atoms with Gasteiger partial charge in [-0.1, -0.05) is 0 Å². The summed E-state index contributed by atoms with van der Waals surface area (Å²) in [7, 11) is 0. The number of aromatic nitrogens is 3. The fraction of sp³-hybridized carbons (Fsp3) is 0.350. The molecule has 4 rings (SSSR count). The lowest BCUT2D eigenvalue weighted by Gasteiger charge is -2.15. The topological polar surface area (TPSA) is 73.9 Å². The van der Waals surface area contributed by atoms with Crippen LogP contribution in [0.25, 0.3) is 22.3 Å². The summed E-state index contributed by atoms with van der Waals surface area (Å²) in [4.78, 5) is 26.0. The molecule has 2 N–H and O–H groups in total. The maximum absolute atomic E-state index is 11.6. The van der Waals surface area contributed by atoms with Gasteiger partial charge in [-0.2, -0.15) is 0 Å². The van der Waals surface area contributed by atoms with E-state index in [0.717, 1.165) is 66.3 Å². The number of aryl methyl sites for hydroxylation is 1. The van der Waals surface area contributed by atoms with Gasteiger partial charge in [0.1, 0.15) is 5.82 Å².